The van der Waals surface area contributed by atoms with E-state index in [1.165, 1.54) is 32.4 Å². The molecule has 2 rings (SSSR count). The fourth-order valence-corrected chi connectivity index (χ4v) is 1.67. The minimum atomic E-state index is -1.08. The van der Waals surface area contributed by atoms with Crippen LogP contribution in [0.2, 0.25) is 0 Å². The zero-order valence-electron chi connectivity index (χ0n) is 9.68. The van der Waals surface area contributed by atoms with Crippen LogP contribution in [-0.4, -0.2) is 29.8 Å². The Balaban J connectivity index is 2.06. The first-order valence-corrected chi connectivity index (χ1v) is 5.62. The van der Waals surface area contributed by atoms with Crippen LogP contribution in [0.5, 0.6) is 11.6 Å². The summed E-state index contributed by atoms with van der Waals surface area (Å²) < 4.78 is 10.6. The molecule has 5 nitrogen and oxygen atoms in total. The van der Waals surface area contributed by atoms with Crippen molar-refractivity contribution in [3.8, 4) is 11.6 Å². The van der Waals surface area contributed by atoms with Crippen LogP contribution in [-0.2, 0) is 0 Å². The predicted octanol–water partition coefficient (Wildman–Crippen LogP) is 1.97. The van der Waals surface area contributed by atoms with Crippen LogP contribution in [0.25, 0.3) is 0 Å². The zero-order valence-corrected chi connectivity index (χ0v) is 9.68. The van der Waals surface area contributed by atoms with E-state index in [0.29, 0.717) is 18.3 Å². The molecule has 0 aromatic carbocycles. The lowest BCUT2D eigenvalue weighted by Crippen LogP contribution is -2.19. The number of carboxylic acids is 1. The zero-order chi connectivity index (χ0) is 12.3. The number of hydrogen-bond acceptors (Lipinski definition) is 4. The van der Waals surface area contributed by atoms with Gasteiger partial charge >= 0.3 is 5.97 Å². The second-order valence-corrected chi connectivity index (χ2v) is 4.12. The van der Waals surface area contributed by atoms with Gasteiger partial charge in [-0.05, 0) is 30.9 Å². The maximum absolute atomic E-state index is 10.7. The minimum Gasteiger partial charge on any atom is -0.488 e. The van der Waals surface area contributed by atoms with Crippen molar-refractivity contribution in [3.63, 3.8) is 0 Å². The maximum atomic E-state index is 10.7. The van der Waals surface area contributed by atoms with Crippen molar-refractivity contribution in [2.24, 2.45) is 5.92 Å². The van der Waals surface area contributed by atoms with Crippen molar-refractivity contribution in [2.45, 2.75) is 19.3 Å². The molecule has 1 aromatic heterocycles. The van der Waals surface area contributed by atoms with Gasteiger partial charge in [-0.25, -0.2) is 9.78 Å². The number of nitrogens with zero attached hydrogens (tertiary/aromatic N) is 1. The molecule has 1 heterocycles. The molecule has 1 aliphatic carbocycles. The van der Waals surface area contributed by atoms with Crippen molar-refractivity contribution in [1.82, 2.24) is 4.98 Å². The Morgan fingerprint density at radius 1 is 1.53 bits per heavy atom. The Labute approximate surface area is 99.4 Å². The number of carbonyl (C=O) groups is 1. The van der Waals surface area contributed by atoms with Gasteiger partial charge in [-0.2, -0.15) is 0 Å². The highest BCUT2D eigenvalue weighted by molar-refractivity contribution is 5.85. The summed E-state index contributed by atoms with van der Waals surface area (Å²) in [5.41, 5.74) is -0.0437. The monoisotopic (exact) mass is 237 g/mol. The molecule has 5 heteroatoms. The summed E-state index contributed by atoms with van der Waals surface area (Å²) in [6.45, 7) is 0.643. The third kappa shape index (κ3) is 2.67. The lowest BCUT2D eigenvalue weighted by atomic mass is 9.86. The van der Waals surface area contributed by atoms with E-state index in [4.69, 9.17) is 14.6 Å². The van der Waals surface area contributed by atoms with Crippen molar-refractivity contribution >= 4 is 5.97 Å². The van der Waals surface area contributed by atoms with Gasteiger partial charge in [-0.3, -0.25) is 0 Å². The van der Waals surface area contributed by atoms with Gasteiger partial charge in [-0.1, -0.05) is 6.42 Å². The molecule has 92 valence electrons. The van der Waals surface area contributed by atoms with E-state index >= 15 is 0 Å². The van der Waals surface area contributed by atoms with E-state index in [-0.39, 0.29) is 11.6 Å². The van der Waals surface area contributed by atoms with Crippen LogP contribution >= 0.6 is 0 Å². The first-order chi connectivity index (χ1) is 8.20. The summed E-state index contributed by atoms with van der Waals surface area (Å²) in [6, 6.07) is 3.01. The Bertz CT molecular complexity index is 415. The van der Waals surface area contributed by atoms with Gasteiger partial charge in [0, 0.05) is 0 Å². The number of aromatic nitrogens is 1. The maximum Gasteiger partial charge on any atom is 0.354 e. The van der Waals surface area contributed by atoms with Gasteiger partial charge in [0.05, 0.1) is 13.7 Å². The van der Waals surface area contributed by atoms with E-state index in [9.17, 15) is 4.79 Å². The van der Waals surface area contributed by atoms with Gasteiger partial charge in [0.2, 0.25) is 0 Å². The number of rotatable bonds is 5. The molecule has 1 saturated carbocycles. The molecule has 1 fully saturated rings. The van der Waals surface area contributed by atoms with Crippen LogP contribution < -0.4 is 9.47 Å². The SMILES string of the molecule is COc1nc(C(=O)O)ccc1OCC1CCC1. The normalized spacial score (nSPS) is 15.1. The number of hydrogen-bond donors (Lipinski definition) is 1. The Morgan fingerprint density at radius 2 is 2.29 bits per heavy atom. The molecular weight excluding hydrogens is 222 g/mol. The average molecular weight is 237 g/mol. The minimum absolute atomic E-state index is 0.0437. The third-order valence-corrected chi connectivity index (χ3v) is 2.94. The largest absolute Gasteiger partial charge is 0.488 e. The highest BCUT2D eigenvalue weighted by Crippen LogP contribution is 2.30. The van der Waals surface area contributed by atoms with Crippen LogP contribution in [0.1, 0.15) is 29.8 Å². The summed E-state index contributed by atoms with van der Waals surface area (Å²) in [5.74, 6) is 0.265. The van der Waals surface area contributed by atoms with E-state index in [1.807, 2.05) is 0 Å². The topological polar surface area (TPSA) is 68.7 Å². The van der Waals surface area contributed by atoms with E-state index < -0.39 is 5.97 Å². The fraction of sp³-hybridized carbons (Fsp3) is 0.500. The second kappa shape index (κ2) is 5.03. The molecule has 0 amide bonds. The molecule has 1 aromatic rings. The average Bonchev–Trinajstić information content (AvgIpc) is 2.27. The highest BCUT2D eigenvalue weighted by atomic mass is 16.5. The lowest BCUT2D eigenvalue weighted by Gasteiger charge is -2.25. The molecule has 1 aliphatic rings. The van der Waals surface area contributed by atoms with Crippen LogP contribution in [0.15, 0.2) is 12.1 Å². The van der Waals surface area contributed by atoms with E-state index in [1.54, 1.807) is 6.07 Å². The standard InChI is InChI=1S/C12H15NO4/c1-16-11-10(17-7-8-3-2-4-8)6-5-9(13-11)12(14)15/h5-6,8H,2-4,7H2,1H3,(H,14,15). The lowest BCUT2D eigenvalue weighted by molar-refractivity contribution is 0.0689. The quantitative estimate of drug-likeness (QED) is 0.847. The van der Waals surface area contributed by atoms with Crippen LogP contribution in [0, 0.1) is 5.92 Å². The number of aromatic carboxylic acids is 1. The molecule has 17 heavy (non-hydrogen) atoms. The molecule has 0 unspecified atom stereocenters. The van der Waals surface area contributed by atoms with Gasteiger partial charge in [0.25, 0.3) is 5.88 Å². The van der Waals surface area contributed by atoms with E-state index in [0.717, 1.165) is 0 Å². The van der Waals surface area contributed by atoms with Crippen molar-refractivity contribution in [3.05, 3.63) is 17.8 Å². The van der Waals surface area contributed by atoms with Gasteiger partial charge < -0.3 is 14.6 Å². The number of ether oxygens (including phenoxy) is 2. The molecule has 0 saturated heterocycles. The van der Waals surface area contributed by atoms with Crippen molar-refractivity contribution in [1.29, 1.82) is 0 Å². The first kappa shape index (κ1) is 11.7. The van der Waals surface area contributed by atoms with Crippen LogP contribution in [0.3, 0.4) is 0 Å². The third-order valence-electron chi connectivity index (χ3n) is 2.94. The fourth-order valence-electron chi connectivity index (χ4n) is 1.67. The number of carboxylic acid groups (broad SMARTS) is 1. The van der Waals surface area contributed by atoms with E-state index in [2.05, 4.69) is 4.98 Å². The molecule has 0 radical (unpaired) electrons. The molecule has 1 N–H and O–H groups in total. The second-order valence-electron chi connectivity index (χ2n) is 4.12. The molecular formula is C12H15NO4. The number of pyridine rings is 1. The first-order valence-electron chi connectivity index (χ1n) is 5.62. The molecule has 0 spiro atoms. The summed E-state index contributed by atoms with van der Waals surface area (Å²) in [5, 5.41) is 8.80. The summed E-state index contributed by atoms with van der Waals surface area (Å²) in [4.78, 5) is 14.6. The van der Waals surface area contributed by atoms with Gasteiger partial charge in [0.1, 0.15) is 0 Å². The molecule has 0 atom stereocenters. The molecule has 0 aliphatic heterocycles. The Morgan fingerprint density at radius 3 is 2.82 bits per heavy atom. The predicted molar refractivity (Wildman–Crippen MR) is 60.6 cm³/mol. The van der Waals surface area contributed by atoms with Crippen molar-refractivity contribution in [2.75, 3.05) is 13.7 Å². The Kier molecular flexibility index (Phi) is 3.46. The summed E-state index contributed by atoms with van der Waals surface area (Å²) in [6.07, 6.45) is 3.66. The highest BCUT2D eigenvalue weighted by Gasteiger charge is 2.19. The summed E-state index contributed by atoms with van der Waals surface area (Å²) >= 11 is 0. The van der Waals surface area contributed by atoms with Crippen molar-refractivity contribution < 1.29 is 19.4 Å². The molecule has 0 bridgehead atoms. The summed E-state index contributed by atoms with van der Waals surface area (Å²) in [7, 11) is 1.45. The van der Waals surface area contributed by atoms with Crippen LogP contribution in [0.4, 0.5) is 0 Å². The van der Waals surface area contributed by atoms with Gasteiger partial charge in [0.15, 0.2) is 11.4 Å². The number of methoxy groups -OCH3 is 1. The smallest absolute Gasteiger partial charge is 0.354 e. The Hall–Kier alpha value is -1.78. The van der Waals surface area contributed by atoms with Gasteiger partial charge in [-0.15, -0.1) is 0 Å².